The van der Waals surface area contributed by atoms with Crippen molar-refractivity contribution in [3.05, 3.63) is 99.9 Å². The summed E-state index contributed by atoms with van der Waals surface area (Å²) in [6, 6.07) is 20.2. The van der Waals surface area contributed by atoms with E-state index in [1.54, 1.807) is 60.7 Å². The molecule has 1 aliphatic heterocycles. The molecule has 0 spiro atoms. The Labute approximate surface area is 222 Å². The van der Waals surface area contributed by atoms with Crippen LogP contribution in [0, 0.1) is 0 Å². The van der Waals surface area contributed by atoms with Crippen LogP contribution in [0.25, 0.3) is 11.0 Å². The lowest BCUT2D eigenvalue weighted by atomic mass is 9.94. The van der Waals surface area contributed by atoms with Crippen LogP contribution in [0.4, 0.5) is 5.69 Å². The molecule has 188 valence electrons. The molecular formula is C29H24BrNO6. The third kappa shape index (κ3) is 4.60. The Hall–Kier alpha value is -4.04. The van der Waals surface area contributed by atoms with E-state index in [2.05, 4.69) is 15.9 Å². The van der Waals surface area contributed by atoms with E-state index < -0.39 is 23.5 Å². The number of fused-ring (bicyclic) bond motifs is 1. The van der Waals surface area contributed by atoms with Crippen LogP contribution in [0.2, 0.25) is 0 Å². The predicted octanol–water partition coefficient (Wildman–Crippen LogP) is 6.78. The largest absolute Gasteiger partial charge is 0.503 e. The molecule has 1 aliphatic rings. The summed E-state index contributed by atoms with van der Waals surface area (Å²) in [6.45, 7) is 4.79. The first kappa shape index (κ1) is 24.6. The molecule has 0 aliphatic carbocycles. The summed E-state index contributed by atoms with van der Waals surface area (Å²) in [5.74, 6) is -0.508. The molecule has 0 fully saturated rings. The lowest BCUT2D eigenvalue weighted by molar-refractivity contribution is -0.117. The molecule has 1 unspecified atom stereocenters. The molecule has 1 amide bonds. The number of anilines is 1. The summed E-state index contributed by atoms with van der Waals surface area (Å²) >= 11 is 3.42. The maximum atomic E-state index is 13.8. The average Bonchev–Trinajstić information content (AvgIpc) is 3.43. The molecule has 0 bridgehead atoms. The summed E-state index contributed by atoms with van der Waals surface area (Å²) in [5, 5.41) is 11.7. The summed E-state index contributed by atoms with van der Waals surface area (Å²) < 4.78 is 17.7. The Morgan fingerprint density at radius 1 is 0.946 bits per heavy atom. The first-order chi connectivity index (χ1) is 17.9. The number of aliphatic hydroxyl groups excluding tert-OH is 1. The molecule has 1 aromatic heterocycles. The molecule has 1 N–H and O–H groups in total. The number of carbonyl (C=O) groups is 2. The number of hydrogen-bond donors (Lipinski definition) is 1. The van der Waals surface area contributed by atoms with Crippen molar-refractivity contribution in [2.24, 2.45) is 0 Å². The van der Waals surface area contributed by atoms with Crippen LogP contribution < -0.4 is 14.4 Å². The van der Waals surface area contributed by atoms with Gasteiger partial charge in [0, 0.05) is 15.5 Å². The van der Waals surface area contributed by atoms with E-state index >= 15 is 0 Å². The van der Waals surface area contributed by atoms with Crippen LogP contribution in [0.3, 0.4) is 0 Å². The zero-order valence-electron chi connectivity index (χ0n) is 20.2. The molecule has 3 aromatic carbocycles. The lowest BCUT2D eigenvalue weighted by Gasteiger charge is -2.27. The van der Waals surface area contributed by atoms with Gasteiger partial charge in [-0.2, -0.15) is 0 Å². The molecule has 7 nitrogen and oxygen atoms in total. The number of aliphatic hydroxyl groups is 1. The molecule has 8 heteroatoms. The molecule has 0 saturated heterocycles. The van der Waals surface area contributed by atoms with E-state index in [0.717, 1.165) is 9.86 Å². The van der Waals surface area contributed by atoms with E-state index in [1.807, 2.05) is 26.0 Å². The number of hydrogen-bond acceptors (Lipinski definition) is 6. The van der Waals surface area contributed by atoms with Crippen LogP contribution in [0.5, 0.6) is 11.5 Å². The molecule has 5 rings (SSSR count). The Bertz CT molecular complexity index is 1500. The highest BCUT2D eigenvalue weighted by Gasteiger charge is 2.45. The highest BCUT2D eigenvalue weighted by Crippen LogP contribution is 2.43. The first-order valence-corrected chi connectivity index (χ1v) is 12.7. The number of Topliss-reactive ketones (excluding diaryl/α,β-unsaturated/α-hetero) is 1. The van der Waals surface area contributed by atoms with Gasteiger partial charge in [-0.05, 0) is 80.1 Å². The Kier molecular flexibility index (Phi) is 6.76. The van der Waals surface area contributed by atoms with Gasteiger partial charge in [0.2, 0.25) is 5.78 Å². The van der Waals surface area contributed by atoms with E-state index in [1.165, 1.54) is 4.90 Å². The molecule has 4 aromatic rings. The summed E-state index contributed by atoms with van der Waals surface area (Å²) in [4.78, 5) is 28.6. The van der Waals surface area contributed by atoms with Gasteiger partial charge in [-0.3, -0.25) is 14.5 Å². The second-order valence-corrected chi connectivity index (χ2v) is 9.31. The van der Waals surface area contributed by atoms with Crippen LogP contribution in [0.1, 0.15) is 36.0 Å². The summed E-state index contributed by atoms with van der Waals surface area (Å²) in [5.41, 5.74) is 1.62. The van der Waals surface area contributed by atoms with Crippen molar-refractivity contribution in [3.63, 3.8) is 0 Å². The first-order valence-electron chi connectivity index (χ1n) is 11.9. The molecule has 0 saturated carbocycles. The van der Waals surface area contributed by atoms with Crippen molar-refractivity contribution < 1.29 is 28.6 Å². The van der Waals surface area contributed by atoms with Gasteiger partial charge in [0.25, 0.3) is 5.91 Å². The van der Waals surface area contributed by atoms with Crippen molar-refractivity contribution in [1.82, 2.24) is 0 Å². The van der Waals surface area contributed by atoms with Gasteiger partial charge in [-0.25, -0.2) is 0 Å². The van der Waals surface area contributed by atoms with Crippen molar-refractivity contribution in [3.8, 4) is 11.5 Å². The van der Waals surface area contributed by atoms with Crippen molar-refractivity contribution >= 4 is 44.3 Å². The topological polar surface area (TPSA) is 89.2 Å². The van der Waals surface area contributed by atoms with Crippen molar-refractivity contribution in [1.29, 1.82) is 0 Å². The monoisotopic (exact) mass is 561 g/mol. The fraction of sp³-hybridized carbons (Fsp3) is 0.172. The maximum absolute atomic E-state index is 13.8. The number of benzene rings is 3. The van der Waals surface area contributed by atoms with Gasteiger partial charge >= 0.3 is 0 Å². The van der Waals surface area contributed by atoms with E-state index in [0.29, 0.717) is 41.5 Å². The standard InChI is InChI=1S/C29H24BrNO6/c1-3-35-21-10-5-17(6-11-21)26-25(27(32)24-16-18-15-19(30)7-14-23(18)37-24)28(33)29(34)31(26)20-8-12-22(13-9-20)36-4-2/h5-16,26,33H,3-4H2,1-2H3. The van der Waals surface area contributed by atoms with Crippen LogP contribution in [-0.4, -0.2) is 30.0 Å². The minimum absolute atomic E-state index is 0.0342. The fourth-order valence-corrected chi connectivity index (χ4v) is 4.84. The fourth-order valence-electron chi connectivity index (χ4n) is 4.46. The minimum Gasteiger partial charge on any atom is -0.503 e. The van der Waals surface area contributed by atoms with Crippen LogP contribution in [-0.2, 0) is 4.79 Å². The zero-order valence-corrected chi connectivity index (χ0v) is 21.8. The van der Waals surface area contributed by atoms with Crippen LogP contribution in [0.15, 0.2) is 93.0 Å². The van der Waals surface area contributed by atoms with Gasteiger partial charge in [0.05, 0.1) is 24.8 Å². The molecule has 1 atom stereocenters. The number of ether oxygens (including phenoxy) is 2. The second-order valence-electron chi connectivity index (χ2n) is 8.39. The summed E-state index contributed by atoms with van der Waals surface area (Å²) in [7, 11) is 0. The SMILES string of the molecule is CCOc1ccc(C2C(C(=O)c3cc4cc(Br)ccc4o3)=C(O)C(=O)N2c2ccc(OCC)cc2)cc1. The lowest BCUT2D eigenvalue weighted by Crippen LogP contribution is -2.31. The molecule has 37 heavy (non-hydrogen) atoms. The number of halogens is 1. The zero-order chi connectivity index (χ0) is 26.1. The van der Waals surface area contributed by atoms with Gasteiger partial charge in [0.1, 0.15) is 17.1 Å². The molecule has 0 radical (unpaired) electrons. The van der Waals surface area contributed by atoms with Crippen LogP contribution >= 0.6 is 15.9 Å². The van der Waals surface area contributed by atoms with Gasteiger partial charge < -0.3 is 19.0 Å². The predicted molar refractivity (Wildman–Crippen MR) is 143 cm³/mol. The van der Waals surface area contributed by atoms with Gasteiger partial charge in [-0.1, -0.05) is 28.1 Å². The maximum Gasteiger partial charge on any atom is 0.294 e. The minimum atomic E-state index is -0.881. The third-order valence-electron chi connectivity index (χ3n) is 6.09. The van der Waals surface area contributed by atoms with Crippen molar-refractivity contribution in [2.75, 3.05) is 18.1 Å². The van der Waals surface area contributed by atoms with E-state index in [-0.39, 0.29) is 11.3 Å². The molecular weight excluding hydrogens is 538 g/mol. The highest BCUT2D eigenvalue weighted by atomic mass is 79.9. The molecule has 2 heterocycles. The van der Waals surface area contributed by atoms with Crippen molar-refractivity contribution in [2.45, 2.75) is 19.9 Å². The Morgan fingerprint density at radius 3 is 2.19 bits per heavy atom. The Morgan fingerprint density at radius 2 is 1.57 bits per heavy atom. The van der Waals surface area contributed by atoms with Gasteiger partial charge in [0.15, 0.2) is 11.5 Å². The number of carbonyl (C=O) groups excluding carboxylic acids is 2. The Balaban J connectivity index is 1.60. The number of furan rings is 1. The van der Waals surface area contributed by atoms with E-state index in [9.17, 15) is 14.7 Å². The number of rotatable bonds is 8. The van der Waals surface area contributed by atoms with E-state index in [4.69, 9.17) is 13.9 Å². The van der Waals surface area contributed by atoms with Gasteiger partial charge in [-0.15, -0.1) is 0 Å². The summed E-state index contributed by atoms with van der Waals surface area (Å²) in [6.07, 6.45) is 0. The third-order valence-corrected chi connectivity index (χ3v) is 6.58. The number of ketones is 1. The normalized spacial score (nSPS) is 15.5. The highest BCUT2D eigenvalue weighted by molar-refractivity contribution is 9.10. The average molecular weight is 562 g/mol. The second kappa shape index (κ2) is 10.1. The number of amides is 1. The smallest absolute Gasteiger partial charge is 0.294 e. The number of nitrogens with zero attached hydrogens (tertiary/aromatic N) is 1. The quantitative estimate of drug-likeness (QED) is 0.238.